The molecule has 0 spiro atoms. The molecule has 170 valence electrons. The number of rotatable bonds is 6. The number of carbonyl (C=O) groups is 1. The van der Waals surface area contributed by atoms with Gasteiger partial charge in [-0.25, -0.2) is 4.98 Å². The predicted molar refractivity (Wildman–Crippen MR) is 140 cm³/mol. The number of hydrogen-bond donors (Lipinski definition) is 1. The van der Waals surface area contributed by atoms with E-state index in [1.54, 1.807) is 11.3 Å². The molecule has 2 heterocycles. The van der Waals surface area contributed by atoms with Crippen LogP contribution in [0.3, 0.4) is 0 Å². The van der Waals surface area contributed by atoms with E-state index in [2.05, 4.69) is 29.1 Å². The standard InChI is InChI=1S/C22H30ClN5OS.HI/c1-4-19-16(2)30-20(26-19)8-9-25-22(24-3)28-12-10-27(11-13-28)21(29)15-17-6-5-7-18(23)14-17;/h5-7,14H,4,8-13,15H2,1-3H3,(H,24,25);1H. The summed E-state index contributed by atoms with van der Waals surface area (Å²) in [6, 6.07) is 7.51. The molecule has 1 aromatic carbocycles. The van der Waals surface area contributed by atoms with Crippen LogP contribution in [0, 0.1) is 6.92 Å². The van der Waals surface area contributed by atoms with Crippen LogP contribution in [0.2, 0.25) is 5.02 Å². The summed E-state index contributed by atoms with van der Waals surface area (Å²) in [5.41, 5.74) is 2.16. The Kier molecular flexibility index (Phi) is 10.5. The fourth-order valence-corrected chi connectivity index (χ4v) is 4.87. The molecule has 1 aromatic heterocycles. The third-order valence-electron chi connectivity index (χ3n) is 5.28. The van der Waals surface area contributed by atoms with Crippen molar-refractivity contribution in [3.05, 3.63) is 50.4 Å². The molecule has 1 N–H and O–H groups in total. The van der Waals surface area contributed by atoms with Crippen molar-refractivity contribution < 1.29 is 4.79 Å². The first kappa shape index (κ1) is 25.9. The van der Waals surface area contributed by atoms with E-state index in [0.717, 1.165) is 44.0 Å². The highest BCUT2D eigenvalue weighted by Gasteiger charge is 2.23. The molecule has 9 heteroatoms. The number of piperazine rings is 1. The second-order valence-corrected chi connectivity index (χ2v) is 9.09. The van der Waals surface area contributed by atoms with Crippen molar-refractivity contribution >= 4 is 58.8 Å². The van der Waals surface area contributed by atoms with Crippen LogP contribution in [0.4, 0.5) is 0 Å². The van der Waals surface area contributed by atoms with Gasteiger partial charge in [-0.05, 0) is 31.0 Å². The van der Waals surface area contributed by atoms with Gasteiger partial charge in [-0.2, -0.15) is 0 Å². The number of aliphatic imine (C=N–C) groups is 1. The van der Waals surface area contributed by atoms with Gasteiger partial charge < -0.3 is 15.1 Å². The molecular weight excluding hydrogens is 545 g/mol. The van der Waals surface area contributed by atoms with Gasteiger partial charge in [0.05, 0.1) is 17.1 Å². The maximum atomic E-state index is 12.6. The zero-order valence-electron chi connectivity index (χ0n) is 18.4. The van der Waals surface area contributed by atoms with Crippen LogP contribution in [0.15, 0.2) is 29.3 Å². The van der Waals surface area contributed by atoms with E-state index in [0.29, 0.717) is 24.5 Å². The smallest absolute Gasteiger partial charge is 0.227 e. The Bertz CT molecular complexity index is 896. The zero-order chi connectivity index (χ0) is 21.5. The van der Waals surface area contributed by atoms with Crippen molar-refractivity contribution in [2.24, 2.45) is 4.99 Å². The van der Waals surface area contributed by atoms with Crippen molar-refractivity contribution in [1.29, 1.82) is 0 Å². The lowest BCUT2D eigenvalue weighted by Gasteiger charge is -2.36. The Morgan fingerprint density at radius 1 is 1.26 bits per heavy atom. The Labute approximate surface area is 211 Å². The first-order chi connectivity index (χ1) is 14.5. The Morgan fingerprint density at radius 2 is 1.97 bits per heavy atom. The minimum atomic E-state index is 0. The van der Waals surface area contributed by atoms with E-state index in [-0.39, 0.29) is 29.9 Å². The maximum Gasteiger partial charge on any atom is 0.227 e. The zero-order valence-corrected chi connectivity index (χ0v) is 22.3. The monoisotopic (exact) mass is 575 g/mol. The summed E-state index contributed by atoms with van der Waals surface area (Å²) in [6.07, 6.45) is 2.26. The molecule has 31 heavy (non-hydrogen) atoms. The lowest BCUT2D eigenvalue weighted by atomic mass is 10.1. The molecule has 0 unspecified atom stereocenters. The molecule has 6 nitrogen and oxygen atoms in total. The van der Waals surface area contributed by atoms with Crippen molar-refractivity contribution in [3.63, 3.8) is 0 Å². The number of thiazole rings is 1. The van der Waals surface area contributed by atoms with E-state index in [4.69, 9.17) is 16.6 Å². The van der Waals surface area contributed by atoms with Crippen LogP contribution < -0.4 is 5.32 Å². The highest BCUT2D eigenvalue weighted by Crippen LogP contribution is 2.18. The molecule has 3 rings (SSSR count). The molecule has 0 aliphatic carbocycles. The van der Waals surface area contributed by atoms with Crippen LogP contribution in [-0.2, 0) is 24.1 Å². The largest absolute Gasteiger partial charge is 0.356 e. The van der Waals surface area contributed by atoms with E-state index in [1.807, 2.05) is 36.2 Å². The van der Waals surface area contributed by atoms with Crippen LogP contribution in [-0.4, -0.2) is 66.4 Å². The summed E-state index contributed by atoms with van der Waals surface area (Å²) in [7, 11) is 1.81. The molecule has 2 aromatic rings. The van der Waals surface area contributed by atoms with Gasteiger partial charge in [0.2, 0.25) is 5.91 Å². The van der Waals surface area contributed by atoms with E-state index >= 15 is 0 Å². The first-order valence-corrected chi connectivity index (χ1v) is 11.6. The number of aromatic nitrogens is 1. The number of amides is 1. The average Bonchev–Trinajstić information content (AvgIpc) is 3.11. The molecule has 1 saturated heterocycles. The molecule has 1 aliphatic rings. The lowest BCUT2D eigenvalue weighted by Crippen LogP contribution is -2.54. The summed E-state index contributed by atoms with van der Waals surface area (Å²) in [6.45, 7) is 8.04. The van der Waals surface area contributed by atoms with Gasteiger partial charge in [0, 0.05) is 56.1 Å². The maximum absolute atomic E-state index is 12.6. The van der Waals surface area contributed by atoms with Crippen molar-refractivity contribution in [1.82, 2.24) is 20.1 Å². The van der Waals surface area contributed by atoms with E-state index in [9.17, 15) is 4.79 Å². The summed E-state index contributed by atoms with van der Waals surface area (Å²) >= 11 is 7.81. The van der Waals surface area contributed by atoms with Crippen molar-refractivity contribution in [2.75, 3.05) is 39.8 Å². The third kappa shape index (κ3) is 7.32. The highest BCUT2D eigenvalue weighted by molar-refractivity contribution is 14.0. The fraction of sp³-hybridized carbons (Fsp3) is 0.500. The van der Waals surface area contributed by atoms with Gasteiger partial charge in [-0.15, -0.1) is 35.3 Å². The molecule has 0 saturated carbocycles. The van der Waals surface area contributed by atoms with Crippen LogP contribution in [0.25, 0.3) is 0 Å². The summed E-state index contributed by atoms with van der Waals surface area (Å²) in [5, 5.41) is 5.28. The number of benzene rings is 1. The van der Waals surface area contributed by atoms with Gasteiger partial charge in [-0.1, -0.05) is 30.7 Å². The van der Waals surface area contributed by atoms with E-state index < -0.39 is 0 Å². The SMILES string of the molecule is CCc1nc(CCNC(=NC)N2CCN(C(=O)Cc3cccc(Cl)c3)CC2)sc1C.I. The second kappa shape index (κ2) is 12.6. The van der Waals surface area contributed by atoms with Crippen LogP contribution in [0.1, 0.15) is 28.1 Å². The van der Waals surface area contributed by atoms with Gasteiger partial charge in [0.25, 0.3) is 0 Å². The number of hydrogen-bond acceptors (Lipinski definition) is 4. The summed E-state index contributed by atoms with van der Waals surface area (Å²) < 4.78 is 0. The number of nitrogens with one attached hydrogen (secondary N) is 1. The number of aryl methyl sites for hydroxylation is 2. The molecule has 0 bridgehead atoms. The molecule has 0 radical (unpaired) electrons. The minimum Gasteiger partial charge on any atom is -0.356 e. The van der Waals surface area contributed by atoms with Gasteiger partial charge in [-0.3, -0.25) is 9.79 Å². The van der Waals surface area contributed by atoms with Crippen molar-refractivity contribution in [3.8, 4) is 0 Å². The Balaban J connectivity index is 0.00000341. The second-order valence-electron chi connectivity index (χ2n) is 7.36. The number of carbonyl (C=O) groups excluding carboxylic acids is 1. The summed E-state index contributed by atoms with van der Waals surface area (Å²) in [4.78, 5) is 27.2. The Hall–Kier alpha value is -1.39. The van der Waals surface area contributed by atoms with Gasteiger partial charge >= 0.3 is 0 Å². The molecule has 1 fully saturated rings. The van der Waals surface area contributed by atoms with Crippen LogP contribution in [0.5, 0.6) is 0 Å². The van der Waals surface area contributed by atoms with Crippen LogP contribution >= 0.6 is 46.9 Å². The third-order valence-corrected chi connectivity index (χ3v) is 6.59. The topological polar surface area (TPSA) is 60.8 Å². The number of halogens is 2. The normalized spacial score (nSPS) is 14.4. The minimum absolute atomic E-state index is 0. The quantitative estimate of drug-likeness (QED) is 0.324. The van der Waals surface area contributed by atoms with Gasteiger partial charge in [0.15, 0.2) is 5.96 Å². The van der Waals surface area contributed by atoms with Gasteiger partial charge in [0.1, 0.15) is 0 Å². The highest BCUT2D eigenvalue weighted by atomic mass is 127. The summed E-state index contributed by atoms with van der Waals surface area (Å²) in [5.74, 6) is 1.03. The molecule has 1 aliphatic heterocycles. The molecule has 1 amide bonds. The fourth-order valence-electron chi connectivity index (χ4n) is 3.64. The molecular formula is C22H31ClIN5OS. The predicted octanol–water partition coefficient (Wildman–Crippen LogP) is 3.79. The molecule has 0 atom stereocenters. The number of guanidine groups is 1. The van der Waals surface area contributed by atoms with E-state index in [1.165, 1.54) is 15.6 Å². The number of nitrogens with zero attached hydrogens (tertiary/aromatic N) is 4. The first-order valence-electron chi connectivity index (χ1n) is 10.4. The average molecular weight is 576 g/mol. The lowest BCUT2D eigenvalue weighted by molar-refractivity contribution is -0.131. The Morgan fingerprint density at radius 3 is 2.58 bits per heavy atom. The van der Waals surface area contributed by atoms with Crippen molar-refractivity contribution in [2.45, 2.75) is 33.1 Å².